The van der Waals surface area contributed by atoms with Gasteiger partial charge in [0.05, 0.1) is 20.0 Å². The van der Waals surface area contributed by atoms with E-state index in [9.17, 15) is 9.59 Å². The van der Waals surface area contributed by atoms with Gasteiger partial charge in [0.15, 0.2) is 0 Å². The molecule has 5 rings (SSSR count). The van der Waals surface area contributed by atoms with Crippen molar-refractivity contribution in [2.75, 3.05) is 25.1 Å². The summed E-state index contributed by atoms with van der Waals surface area (Å²) in [6.07, 6.45) is 7.23. The number of hydrogen-bond acceptors (Lipinski definition) is 6. The maximum absolute atomic E-state index is 13.6. The molecule has 2 aromatic carbocycles. The molecule has 1 N–H and O–H groups in total. The number of esters is 1. The van der Waals surface area contributed by atoms with Gasteiger partial charge in [-0.2, -0.15) is 0 Å². The van der Waals surface area contributed by atoms with E-state index in [2.05, 4.69) is 16.3 Å². The quantitative estimate of drug-likeness (QED) is 0.196. The second-order valence-corrected chi connectivity index (χ2v) is 12.7. The molecule has 1 aliphatic heterocycles. The Kier molecular flexibility index (Phi) is 9.67. The molecular weight excluding hydrogens is 554 g/mol. The van der Waals surface area contributed by atoms with Crippen LogP contribution in [0.2, 0.25) is 0 Å². The molecule has 1 saturated heterocycles. The largest absolute Gasteiger partial charge is 0.497 e. The van der Waals surface area contributed by atoms with Crippen molar-refractivity contribution >= 4 is 28.5 Å². The number of nitrogens with one attached hydrogen (secondary N) is 1. The molecule has 0 radical (unpaired) electrons. The average Bonchev–Trinajstić information content (AvgIpc) is 3.49. The zero-order valence-corrected chi connectivity index (χ0v) is 26.7. The van der Waals surface area contributed by atoms with Gasteiger partial charge in [-0.3, -0.25) is 9.59 Å². The van der Waals surface area contributed by atoms with Crippen molar-refractivity contribution in [3.05, 3.63) is 83.4 Å². The summed E-state index contributed by atoms with van der Waals surface area (Å²) in [6, 6.07) is 17.6. The molecule has 44 heavy (non-hydrogen) atoms. The Balaban J connectivity index is 1.35. The first kappa shape index (κ1) is 31.2. The lowest BCUT2D eigenvalue weighted by molar-refractivity contribution is -0.155. The molecule has 4 aromatic rings. The maximum atomic E-state index is 13.6. The standard InChI is InChI=1S/C36H45N3O5/c1-25-10-15-32(43-25)35(29-13-12-28(42-5)24-31(29)38-18-8-6-7-9-19-38)37-33(40)23-26-11-14-30-27(22-26)16-20-39(30)21-17-34(41)44-36(2,3)4/h10-16,20,22,24,35H,6-9,17-19,21,23H2,1-5H3,(H,37,40). The number of methoxy groups -OCH3 is 1. The average molecular weight is 600 g/mol. The minimum Gasteiger partial charge on any atom is -0.497 e. The Morgan fingerprint density at radius 1 is 0.977 bits per heavy atom. The van der Waals surface area contributed by atoms with E-state index in [-0.39, 0.29) is 18.3 Å². The van der Waals surface area contributed by atoms with Gasteiger partial charge in [-0.05, 0) is 87.9 Å². The first-order valence-electron chi connectivity index (χ1n) is 15.7. The van der Waals surface area contributed by atoms with Crippen LogP contribution in [0.3, 0.4) is 0 Å². The molecule has 1 unspecified atom stereocenters. The molecule has 8 heteroatoms. The normalized spacial score (nSPS) is 14.7. The minimum atomic E-state index is -0.498. The number of benzene rings is 2. The summed E-state index contributed by atoms with van der Waals surface area (Å²) in [7, 11) is 1.68. The molecule has 1 fully saturated rings. The number of nitrogens with zero attached hydrogens (tertiary/aromatic N) is 2. The smallest absolute Gasteiger partial charge is 0.308 e. The van der Waals surface area contributed by atoms with Gasteiger partial charge in [-0.25, -0.2) is 0 Å². The minimum absolute atomic E-state index is 0.0922. The Morgan fingerprint density at radius 2 is 1.75 bits per heavy atom. The fourth-order valence-corrected chi connectivity index (χ4v) is 5.95. The Morgan fingerprint density at radius 3 is 2.43 bits per heavy atom. The zero-order chi connectivity index (χ0) is 31.3. The molecule has 0 spiro atoms. The van der Waals surface area contributed by atoms with Crippen molar-refractivity contribution in [3.63, 3.8) is 0 Å². The van der Waals surface area contributed by atoms with Gasteiger partial charge < -0.3 is 28.7 Å². The second-order valence-electron chi connectivity index (χ2n) is 12.7. The number of ether oxygens (including phenoxy) is 2. The fourth-order valence-electron chi connectivity index (χ4n) is 5.95. The molecule has 1 atom stereocenters. The molecule has 1 amide bonds. The van der Waals surface area contributed by atoms with Crippen molar-refractivity contribution in [3.8, 4) is 5.75 Å². The SMILES string of the molecule is COc1ccc(C(NC(=O)Cc2ccc3c(ccn3CCC(=O)OC(C)(C)C)c2)c2ccc(C)o2)c(N2CCCCCC2)c1. The predicted octanol–water partition coefficient (Wildman–Crippen LogP) is 7.11. The molecule has 0 bridgehead atoms. The van der Waals surface area contributed by atoms with Crippen LogP contribution < -0.4 is 15.0 Å². The van der Waals surface area contributed by atoms with Crippen molar-refractivity contribution in [2.45, 2.75) is 84.4 Å². The zero-order valence-electron chi connectivity index (χ0n) is 26.7. The number of amides is 1. The molecule has 8 nitrogen and oxygen atoms in total. The number of hydrogen-bond donors (Lipinski definition) is 1. The number of carbonyl (C=O) groups is 2. The van der Waals surface area contributed by atoms with Gasteiger partial charge in [0, 0.05) is 48.7 Å². The molecule has 234 valence electrons. The van der Waals surface area contributed by atoms with Crippen LogP contribution in [0.4, 0.5) is 5.69 Å². The second kappa shape index (κ2) is 13.6. The number of aryl methyl sites for hydroxylation is 2. The van der Waals surface area contributed by atoms with Gasteiger partial charge in [0.2, 0.25) is 5.91 Å². The van der Waals surface area contributed by atoms with E-state index >= 15 is 0 Å². The van der Waals surface area contributed by atoms with E-state index in [1.165, 1.54) is 12.8 Å². The van der Waals surface area contributed by atoms with E-state index in [0.29, 0.717) is 18.7 Å². The van der Waals surface area contributed by atoms with Crippen molar-refractivity contribution in [2.24, 2.45) is 0 Å². The van der Waals surface area contributed by atoms with Crippen LogP contribution in [0.25, 0.3) is 10.9 Å². The summed E-state index contributed by atoms with van der Waals surface area (Å²) < 4.78 is 19.2. The molecule has 2 aromatic heterocycles. The highest BCUT2D eigenvalue weighted by atomic mass is 16.6. The van der Waals surface area contributed by atoms with Gasteiger partial charge in [0.25, 0.3) is 0 Å². The Hall–Kier alpha value is -4.20. The van der Waals surface area contributed by atoms with Crippen molar-refractivity contribution in [1.29, 1.82) is 0 Å². The summed E-state index contributed by atoms with van der Waals surface area (Å²) in [4.78, 5) is 28.3. The number of anilines is 1. The molecule has 0 saturated carbocycles. The van der Waals surface area contributed by atoms with Crippen LogP contribution in [0.15, 0.2) is 65.2 Å². The number of rotatable bonds is 10. The predicted molar refractivity (Wildman–Crippen MR) is 173 cm³/mol. The fraction of sp³-hybridized carbons (Fsp3) is 0.444. The summed E-state index contributed by atoms with van der Waals surface area (Å²) >= 11 is 0. The van der Waals surface area contributed by atoms with Crippen LogP contribution in [-0.4, -0.2) is 42.2 Å². The van der Waals surface area contributed by atoms with Gasteiger partial charge in [-0.15, -0.1) is 0 Å². The van der Waals surface area contributed by atoms with E-state index in [1.54, 1.807) is 7.11 Å². The number of fused-ring (bicyclic) bond motifs is 1. The van der Waals surface area contributed by atoms with Crippen molar-refractivity contribution in [1.82, 2.24) is 9.88 Å². The molecule has 3 heterocycles. The third-order valence-corrected chi connectivity index (χ3v) is 8.02. The van der Waals surface area contributed by atoms with Crippen LogP contribution in [0.1, 0.15) is 81.6 Å². The molecule has 1 aliphatic rings. The summed E-state index contributed by atoms with van der Waals surface area (Å²) in [6.45, 7) is 10.0. The molecular formula is C36H45N3O5. The summed E-state index contributed by atoms with van der Waals surface area (Å²) in [5, 5.41) is 4.32. The van der Waals surface area contributed by atoms with E-state index in [4.69, 9.17) is 13.9 Å². The van der Waals surface area contributed by atoms with Crippen LogP contribution in [0.5, 0.6) is 5.75 Å². The van der Waals surface area contributed by atoms with Crippen LogP contribution >= 0.6 is 0 Å². The third kappa shape index (κ3) is 7.84. The topological polar surface area (TPSA) is 85.9 Å². The number of carbonyl (C=O) groups excluding carboxylic acids is 2. The van der Waals surface area contributed by atoms with Crippen LogP contribution in [0, 0.1) is 6.92 Å². The van der Waals surface area contributed by atoms with Crippen LogP contribution in [-0.2, 0) is 27.3 Å². The van der Waals surface area contributed by atoms with Gasteiger partial charge >= 0.3 is 5.97 Å². The number of aromatic nitrogens is 1. The lowest BCUT2D eigenvalue weighted by Crippen LogP contribution is -2.33. The van der Waals surface area contributed by atoms with Crippen molar-refractivity contribution < 1.29 is 23.5 Å². The number of furan rings is 1. The van der Waals surface area contributed by atoms with Gasteiger partial charge in [0.1, 0.15) is 28.9 Å². The summed E-state index contributed by atoms with van der Waals surface area (Å²) in [5.41, 5.74) is 3.49. The first-order valence-corrected chi connectivity index (χ1v) is 15.7. The lowest BCUT2D eigenvalue weighted by atomic mass is 10.00. The summed E-state index contributed by atoms with van der Waals surface area (Å²) in [5.74, 6) is 1.98. The Bertz CT molecular complexity index is 1590. The highest BCUT2D eigenvalue weighted by Crippen LogP contribution is 2.36. The molecule has 0 aliphatic carbocycles. The maximum Gasteiger partial charge on any atom is 0.308 e. The Labute approximate surface area is 260 Å². The third-order valence-electron chi connectivity index (χ3n) is 8.02. The van der Waals surface area contributed by atoms with E-state index in [1.807, 2.05) is 87.0 Å². The van der Waals surface area contributed by atoms with E-state index in [0.717, 1.165) is 65.2 Å². The highest BCUT2D eigenvalue weighted by molar-refractivity contribution is 5.85. The monoisotopic (exact) mass is 599 g/mol. The van der Waals surface area contributed by atoms with Gasteiger partial charge in [-0.1, -0.05) is 25.0 Å². The van der Waals surface area contributed by atoms with E-state index < -0.39 is 11.6 Å². The highest BCUT2D eigenvalue weighted by Gasteiger charge is 2.26. The first-order chi connectivity index (χ1) is 21.1. The lowest BCUT2D eigenvalue weighted by Gasteiger charge is -2.29.